The standard InChI is InChI=1S/C17H15ClO4/c1-11-3-2-4-13(7-11)17(19)22-10-12-8-14(18)16-15(9-12)20-5-6-21-16/h2-4,7-9H,5-6,10H2,1H3. The Bertz CT molecular complexity index is 712. The van der Waals surface area contributed by atoms with Gasteiger partial charge in [-0.05, 0) is 36.8 Å². The number of benzene rings is 2. The number of aryl methyl sites for hydroxylation is 1. The highest BCUT2D eigenvalue weighted by Crippen LogP contribution is 2.38. The number of fused-ring (bicyclic) bond motifs is 1. The molecule has 114 valence electrons. The summed E-state index contributed by atoms with van der Waals surface area (Å²) in [7, 11) is 0. The van der Waals surface area contributed by atoms with Crippen LogP contribution in [0.5, 0.6) is 11.5 Å². The molecule has 0 aliphatic carbocycles. The first kappa shape index (κ1) is 14.7. The zero-order valence-electron chi connectivity index (χ0n) is 12.1. The summed E-state index contributed by atoms with van der Waals surface area (Å²) < 4.78 is 16.3. The van der Waals surface area contributed by atoms with E-state index in [-0.39, 0.29) is 12.6 Å². The van der Waals surface area contributed by atoms with Crippen molar-refractivity contribution in [3.63, 3.8) is 0 Å². The largest absolute Gasteiger partial charge is 0.486 e. The number of halogens is 1. The van der Waals surface area contributed by atoms with Gasteiger partial charge < -0.3 is 14.2 Å². The predicted molar refractivity (Wildman–Crippen MR) is 82.7 cm³/mol. The van der Waals surface area contributed by atoms with E-state index < -0.39 is 0 Å². The molecule has 0 bridgehead atoms. The minimum absolute atomic E-state index is 0.128. The fourth-order valence-corrected chi connectivity index (χ4v) is 2.54. The maximum Gasteiger partial charge on any atom is 0.338 e. The van der Waals surface area contributed by atoms with Gasteiger partial charge in [0.2, 0.25) is 0 Å². The van der Waals surface area contributed by atoms with Gasteiger partial charge in [0, 0.05) is 0 Å². The molecule has 0 fully saturated rings. The Morgan fingerprint density at radius 3 is 2.86 bits per heavy atom. The van der Waals surface area contributed by atoms with Crippen molar-refractivity contribution in [3.8, 4) is 11.5 Å². The molecule has 1 aliphatic rings. The third kappa shape index (κ3) is 3.17. The van der Waals surface area contributed by atoms with Gasteiger partial charge in [-0.25, -0.2) is 4.79 Å². The van der Waals surface area contributed by atoms with Gasteiger partial charge in [0.1, 0.15) is 19.8 Å². The number of esters is 1. The summed E-state index contributed by atoms with van der Waals surface area (Å²) >= 11 is 6.15. The topological polar surface area (TPSA) is 44.8 Å². The summed E-state index contributed by atoms with van der Waals surface area (Å²) in [5.74, 6) is 0.761. The molecule has 0 aromatic heterocycles. The van der Waals surface area contributed by atoms with E-state index in [0.717, 1.165) is 11.1 Å². The number of carbonyl (C=O) groups is 1. The molecule has 0 radical (unpaired) electrons. The highest BCUT2D eigenvalue weighted by atomic mass is 35.5. The smallest absolute Gasteiger partial charge is 0.338 e. The minimum atomic E-state index is -0.366. The van der Waals surface area contributed by atoms with Crippen LogP contribution in [0.1, 0.15) is 21.5 Å². The van der Waals surface area contributed by atoms with Crippen LogP contribution in [0.15, 0.2) is 36.4 Å². The maximum atomic E-state index is 12.0. The Morgan fingerprint density at radius 1 is 1.23 bits per heavy atom. The monoisotopic (exact) mass is 318 g/mol. The molecule has 0 spiro atoms. The first-order valence-electron chi connectivity index (χ1n) is 6.95. The number of rotatable bonds is 3. The van der Waals surface area contributed by atoms with E-state index in [2.05, 4.69) is 0 Å². The highest BCUT2D eigenvalue weighted by molar-refractivity contribution is 6.32. The lowest BCUT2D eigenvalue weighted by molar-refractivity contribution is 0.0472. The van der Waals surface area contributed by atoms with Gasteiger partial charge >= 0.3 is 5.97 Å². The molecule has 0 N–H and O–H groups in total. The molecule has 22 heavy (non-hydrogen) atoms. The van der Waals surface area contributed by atoms with Gasteiger partial charge in [-0.15, -0.1) is 0 Å². The van der Waals surface area contributed by atoms with Crippen LogP contribution in [-0.4, -0.2) is 19.2 Å². The van der Waals surface area contributed by atoms with E-state index in [1.54, 1.807) is 24.3 Å². The van der Waals surface area contributed by atoms with Gasteiger partial charge in [-0.1, -0.05) is 29.3 Å². The van der Waals surface area contributed by atoms with Crippen LogP contribution >= 0.6 is 11.6 Å². The van der Waals surface area contributed by atoms with Gasteiger partial charge in [0.05, 0.1) is 10.6 Å². The van der Waals surface area contributed by atoms with Crippen LogP contribution in [0.3, 0.4) is 0 Å². The molecule has 5 heteroatoms. The van der Waals surface area contributed by atoms with Crippen molar-refractivity contribution in [1.82, 2.24) is 0 Å². The van der Waals surface area contributed by atoms with Crippen LogP contribution in [0.25, 0.3) is 0 Å². The summed E-state index contributed by atoms with van der Waals surface area (Å²) in [5, 5.41) is 0.457. The Hall–Kier alpha value is -2.20. The highest BCUT2D eigenvalue weighted by Gasteiger charge is 2.17. The first-order chi connectivity index (χ1) is 10.6. The number of hydrogen-bond acceptors (Lipinski definition) is 4. The molecular formula is C17H15ClO4. The van der Waals surface area contributed by atoms with Crippen molar-refractivity contribution in [1.29, 1.82) is 0 Å². The van der Waals surface area contributed by atoms with Crippen LogP contribution in [-0.2, 0) is 11.3 Å². The lowest BCUT2D eigenvalue weighted by Crippen LogP contribution is -2.16. The third-order valence-electron chi connectivity index (χ3n) is 3.28. The van der Waals surface area contributed by atoms with Gasteiger partial charge in [-0.3, -0.25) is 0 Å². The van der Waals surface area contributed by atoms with E-state index in [4.69, 9.17) is 25.8 Å². The van der Waals surface area contributed by atoms with Crippen molar-refractivity contribution < 1.29 is 19.0 Å². The zero-order valence-corrected chi connectivity index (χ0v) is 12.9. The number of ether oxygens (including phenoxy) is 3. The molecular weight excluding hydrogens is 304 g/mol. The molecule has 3 rings (SSSR count). The molecule has 0 amide bonds. The molecule has 4 nitrogen and oxygen atoms in total. The van der Waals surface area contributed by atoms with Crippen molar-refractivity contribution >= 4 is 17.6 Å². The molecule has 0 atom stereocenters. The lowest BCUT2D eigenvalue weighted by atomic mass is 10.1. The second-order valence-corrected chi connectivity index (χ2v) is 5.45. The molecule has 1 aliphatic heterocycles. The Labute approximate surface area is 133 Å². The molecule has 2 aromatic rings. The van der Waals surface area contributed by atoms with E-state index >= 15 is 0 Å². The molecule has 0 unspecified atom stereocenters. The molecule has 0 saturated carbocycles. The summed E-state index contributed by atoms with van der Waals surface area (Å²) in [5.41, 5.74) is 2.30. The van der Waals surface area contributed by atoms with E-state index in [9.17, 15) is 4.79 Å². The summed E-state index contributed by atoms with van der Waals surface area (Å²) in [6, 6.07) is 10.8. The van der Waals surface area contributed by atoms with Crippen LogP contribution in [0.2, 0.25) is 5.02 Å². The minimum Gasteiger partial charge on any atom is -0.486 e. The van der Waals surface area contributed by atoms with Crippen molar-refractivity contribution in [3.05, 3.63) is 58.1 Å². The summed E-state index contributed by atoms with van der Waals surface area (Å²) in [6.07, 6.45) is 0. The summed E-state index contributed by atoms with van der Waals surface area (Å²) in [6.45, 7) is 3.02. The normalized spacial score (nSPS) is 12.8. The van der Waals surface area contributed by atoms with Crippen LogP contribution < -0.4 is 9.47 Å². The fourth-order valence-electron chi connectivity index (χ4n) is 2.25. The van der Waals surface area contributed by atoms with Crippen molar-refractivity contribution in [2.24, 2.45) is 0 Å². The molecule has 2 aromatic carbocycles. The third-order valence-corrected chi connectivity index (χ3v) is 3.56. The van der Waals surface area contributed by atoms with Gasteiger partial charge in [-0.2, -0.15) is 0 Å². The second-order valence-electron chi connectivity index (χ2n) is 5.05. The average Bonchev–Trinajstić information content (AvgIpc) is 2.53. The van der Waals surface area contributed by atoms with Gasteiger partial charge in [0.25, 0.3) is 0 Å². The zero-order chi connectivity index (χ0) is 15.5. The first-order valence-corrected chi connectivity index (χ1v) is 7.33. The number of hydrogen-bond donors (Lipinski definition) is 0. The second kappa shape index (κ2) is 6.28. The Kier molecular flexibility index (Phi) is 4.20. The number of carbonyl (C=O) groups excluding carboxylic acids is 1. The predicted octanol–water partition coefficient (Wildman–Crippen LogP) is 3.78. The average molecular weight is 319 g/mol. The quantitative estimate of drug-likeness (QED) is 0.808. The Morgan fingerprint density at radius 2 is 2.05 bits per heavy atom. The van der Waals surface area contributed by atoms with Crippen molar-refractivity contribution in [2.75, 3.05) is 13.2 Å². The fraction of sp³-hybridized carbons (Fsp3) is 0.235. The van der Waals surface area contributed by atoms with E-state index in [0.29, 0.717) is 35.3 Å². The lowest BCUT2D eigenvalue weighted by Gasteiger charge is -2.20. The SMILES string of the molecule is Cc1cccc(C(=O)OCc2cc(Cl)c3c(c2)OCCO3)c1. The molecule has 1 heterocycles. The maximum absolute atomic E-state index is 12.0. The van der Waals surface area contributed by atoms with Gasteiger partial charge in [0.15, 0.2) is 11.5 Å². The summed E-state index contributed by atoms with van der Waals surface area (Å²) in [4.78, 5) is 12.0. The Balaban J connectivity index is 1.71. The van der Waals surface area contributed by atoms with Crippen LogP contribution in [0, 0.1) is 6.92 Å². The molecule has 0 saturated heterocycles. The van der Waals surface area contributed by atoms with E-state index in [1.807, 2.05) is 19.1 Å². The van der Waals surface area contributed by atoms with Crippen LogP contribution in [0.4, 0.5) is 0 Å². The van der Waals surface area contributed by atoms with Crippen molar-refractivity contribution in [2.45, 2.75) is 13.5 Å². The van der Waals surface area contributed by atoms with E-state index in [1.165, 1.54) is 0 Å².